The first-order valence-electron chi connectivity index (χ1n) is 5.51. The van der Waals surface area contributed by atoms with Crippen LogP contribution in [-0.4, -0.2) is 21.0 Å². The summed E-state index contributed by atoms with van der Waals surface area (Å²) >= 11 is 0. The van der Waals surface area contributed by atoms with Crippen molar-refractivity contribution in [3.8, 4) is 0 Å². The Balaban J connectivity index is 2.18. The molecule has 2 rings (SSSR count). The minimum Gasteiger partial charge on any atom is -0.477 e. The van der Waals surface area contributed by atoms with Gasteiger partial charge in [-0.3, -0.25) is 0 Å². The summed E-state index contributed by atoms with van der Waals surface area (Å²) in [5.41, 5.74) is 1.14. The van der Waals surface area contributed by atoms with Crippen LogP contribution in [0.2, 0.25) is 0 Å². The molecule has 0 atom stereocenters. The predicted octanol–water partition coefficient (Wildman–Crippen LogP) is 2.10. The molecule has 0 aliphatic heterocycles. The maximum Gasteiger partial charge on any atom is 0.341 e. The van der Waals surface area contributed by atoms with Gasteiger partial charge >= 0.3 is 5.97 Å². The topological polar surface area (TPSA) is 75.1 Å². The summed E-state index contributed by atoms with van der Waals surface area (Å²) in [6, 6.07) is 9.71. The fraction of sp³-hybridized carbons (Fsp3) is 0.154. The average molecular weight is 243 g/mol. The molecule has 2 aromatic rings. The second kappa shape index (κ2) is 5.27. The van der Waals surface area contributed by atoms with Crippen molar-refractivity contribution in [2.75, 3.05) is 5.32 Å². The van der Waals surface area contributed by atoms with Crippen molar-refractivity contribution in [1.82, 2.24) is 9.97 Å². The van der Waals surface area contributed by atoms with E-state index in [-0.39, 0.29) is 5.56 Å². The Kier molecular flexibility index (Phi) is 3.52. The first kappa shape index (κ1) is 12.0. The van der Waals surface area contributed by atoms with Gasteiger partial charge in [-0.1, -0.05) is 30.3 Å². The van der Waals surface area contributed by atoms with Crippen molar-refractivity contribution < 1.29 is 9.90 Å². The number of carboxylic acids is 1. The molecule has 1 heterocycles. The van der Waals surface area contributed by atoms with Crippen LogP contribution in [0.25, 0.3) is 0 Å². The van der Waals surface area contributed by atoms with Crippen LogP contribution in [0.4, 0.5) is 5.82 Å². The Morgan fingerprint density at radius 2 is 2.06 bits per heavy atom. The molecular formula is C13H13N3O2. The molecule has 5 nitrogen and oxygen atoms in total. The average Bonchev–Trinajstić information content (AvgIpc) is 2.37. The second-order valence-corrected chi connectivity index (χ2v) is 3.82. The molecule has 0 aliphatic carbocycles. The van der Waals surface area contributed by atoms with Gasteiger partial charge in [0.15, 0.2) is 0 Å². The van der Waals surface area contributed by atoms with E-state index < -0.39 is 5.97 Å². The number of anilines is 1. The van der Waals surface area contributed by atoms with E-state index in [9.17, 15) is 4.79 Å². The number of aromatic nitrogens is 2. The summed E-state index contributed by atoms with van der Waals surface area (Å²) in [4.78, 5) is 19.0. The maximum atomic E-state index is 11.0. The summed E-state index contributed by atoms with van der Waals surface area (Å²) in [6.07, 6.45) is 1.32. The van der Waals surface area contributed by atoms with Crippen LogP contribution in [0.1, 0.15) is 21.7 Å². The molecule has 5 heteroatoms. The van der Waals surface area contributed by atoms with Gasteiger partial charge < -0.3 is 10.4 Å². The molecule has 1 aromatic carbocycles. The summed E-state index contributed by atoms with van der Waals surface area (Å²) in [6.45, 7) is 2.25. The van der Waals surface area contributed by atoms with Crippen molar-refractivity contribution in [2.24, 2.45) is 0 Å². The summed E-state index contributed by atoms with van der Waals surface area (Å²) in [5, 5.41) is 12.1. The molecular weight excluding hydrogens is 230 g/mol. The van der Waals surface area contributed by atoms with Crippen LogP contribution in [0, 0.1) is 6.92 Å². The number of carbonyl (C=O) groups is 1. The number of hydrogen-bond donors (Lipinski definition) is 2. The molecule has 0 unspecified atom stereocenters. The van der Waals surface area contributed by atoms with Crippen LogP contribution >= 0.6 is 0 Å². The van der Waals surface area contributed by atoms with E-state index >= 15 is 0 Å². The van der Waals surface area contributed by atoms with Crippen LogP contribution in [0.15, 0.2) is 36.5 Å². The Morgan fingerprint density at radius 3 is 2.72 bits per heavy atom. The first-order chi connectivity index (χ1) is 8.66. The molecule has 0 amide bonds. The largest absolute Gasteiger partial charge is 0.477 e. The zero-order valence-electron chi connectivity index (χ0n) is 9.92. The van der Waals surface area contributed by atoms with Crippen molar-refractivity contribution >= 4 is 11.8 Å². The lowest BCUT2D eigenvalue weighted by molar-refractivity contribution is 0.0697. The Bertz CT molecular complexity index is 555. The van der Waals surface area contributed by atoms with Gasteiger partial charge in [0.2, 0.25) is 0 Å². The number of rotatable bonds is 4. The number of aryl methyl sites for hydroxylation is 1. The van der Waals surface area contributed by atoms with Crippen molar-refractivity contribution in [2.45, 2.75) is 13.5 Å². The van der Waals surface area contributed by atoms with E-state index in [2.05, 4.69) is 15.3 Å². The van der Waals surface area contributed by atoms with Gasteiger partial charge in [0.1, 0.15) is 17.2 Å². The monoisotopic (exact) mass is 243 g/mol. The zero-order valence-corrected chi connectivity index (χ0v) is 9.92. The highest BCUT2D eigenvalue weighted by atomic mass is 16.4. The molecule has 0 radical (unpaired) electrons. The smallest absolute Gasteiger partial charge is 0.341 e. The van der Waals surface area contributed by atoms with Gasteiger partial charge in [0.05, 0.1) is 0 Å². The number of nitrogens with zero attached hydrogens (tertiary/aromatic N) is 2. The van der Waals surface area contributed by atoms with Crippen LogP contribution in [-0.2, 0) is 6.54 Å². The summed E-state index contributed by atoms with van der Waals surface area (Å²) < 4.78 is 0. The predicted molar refractivity (Wildman–Crippen MR) is 67.5 cm³/mol. The molecule has 2 N–H and O–H groups in total. The number of carboxylic acid groups (broad SMARTS) is 1. The second-order valence-electron chi connectivity index (χ2n) is 3.82. The molecule has 0 saturated heterocycles. The normalized spacial score (nSPS) is 10.1. The minimum atomic E-state index is -1.04. The molecule has 0 saturated carbocycles. The standard InChI is InChI=1S/C13H13N3O2/c1-9-14-8-11(13(17)18)12(16-9)15-7-10-5-3-2-4-6-10/h2-6,8H,7H2,1H3,(H,17,18)(H,14,15,16). The molecule has 1 aromatic heterocycles. The maximum absolute atomic E-state index is 11.0. The SMILES string of the molecule is Cc1ncc(C(=O)O)c(NCc2ccccc2)n1. The number of nitrogens with one attached hydrogen (secondary N) is 1. The Morgan fingerprint density at radius 1 is 1.33 bits per heavy atom. The van der Waals surface area contributed by atoms with Crippen molar-refractivity contribution in [1.29, 1.82) is 0 Å². The number of hydrogen-bond acceptors (Lipinski definition) is 4. The lowest BCUT2D eigenvalue weighted by atomic mass is 10.2. The van der Waals surface area contributed by atoms with Gasteiger partial charge in [-0.25, -0.2) is 14.8 Å². The van der Waals surface area contributed by atoms with E-state index in [4.69, 9.17) is 5.11 Å². The van der Waals surface area contributed by atoms with E-state index in [1.54, 1.807) is 6.92 Å². The van der Waals surface area contributed by atoms with Crippen LogP contribution in [0.5, 0.6) is 0 Å². The van der Waals surface area contributed by atoms with Gasteiger partial charge in [-0.05, 0) is 12.5 Å². The lowest BCUT2D eigenvalue weighted by Gasteiger charge is -2.08. The van der Waals surface area contributed by atoms with Crippen molar-refractivity contribution in [3.63, 3.8) is 0 Å². The summed E-state index contributed by atoms with van der Waals surface area (Å²) in [5.74, 6) is -0.153. The molecule has 92 valence electrons. The van der Waals surface area contributed by atoms with Crippen molar-refractivity contribution in [3.05, 3.63) is 53.5 Å². The van der Waals surface area contributed by atoms with E-state index in [1.807, 2.05) is 30.3 Å². The molecule has 0 spiro atoms. The van der Waals surface area contributed by atoms with Gasteiger partial charge in [-0.15, -0.1) is 0 Å². The first-order valence-corrected chi connectivity index (χ1v) is 5.51. The zero-order chi connectivity index (χ0) is 13.0. The van der Waals surface area contributed by atoms with E-state index in [1.165, 1.54) is 6.20 Å². The highest BCUT2D eigenvalue weighted by Gasteiger charge is 2.12. The highest BCUT2D eigenvalue weighted by molar-refractivity contribution is 5.92. The molecule has 0 bridgehead atoms. The fourth-order valence-electron chi connectivity index (χ4n) is 1.54. The molecule has 0 fully saturated rings. The van der Waals surface area contributed by atoms with E-state index in [0.717, 1.165) is 5.56 Å². The third-order valence-electron chi connectivity index (χ3n) is 2.44. The number of benzene rings is 1. The number of aromatic carboxylic acids is 1. The molecule has 18 heavy (non-hydrogen) atoms. The third-order valence-corrected chi connectivity index (χ3v) is 2.44. The Labute approximate surface area is 105 Å². The van der Waals surface area contributed by atoms with Crippen LogP contribution < -0.4 is 5.32 Å². The fourth-order valence-corrected chi connectivity index (χ4v) is 1.54. The van der Waals surface area contributed by atoms with E-state index in [0.29, 0.717) is 18.2 Å². The molecule has 0 aliphatic rings. The highest BCUT2D eigenvalue weighted by Crippen LogP contribution is 2.13. The van der Waals surface area contributed by atoms with Crippen LogP contribution in [0.3, 0.4) is 0 Å². The van der Waals surface area contributed by atoms with Gasteiger partial charge in [-0.2, -0.15) is 0 Å². The Hall–Kier alpha value is -2.43. The summed E-state index contributed by atoms with van der Waals surface area (Å²) in [7, 11) is 0. The lowest BCUT2D eigenvalue weighted by Crippen LogP contribution is -2.10. The third kappa shape index (κ3) is 2.82. The quantitative estimate of drug-likeness (QED) is 0.860. The minimum absolute atomic E-state index is 0.0801. The van der Waals surface area contributed by atoms with Gasteiger partial charge in [0, 0.05) is 12.7 Å². The van der Waals surface area contributed by atoms with Gasteiger partial charge in [0.25, 0.3) is 0 Å².